The molecule has 4 heteroatoms. The van der Waals surface area contributed by atoms with Crippen LogP contribution in [0.1, 0.15) is 24.0 Å². The molecule has 23 heavy (non-hydrogen) atoms. The zero-order valence-electron chi connectivity index (χ0n) is 13.2. The molecule has 1 fully saturated rings. The van der Waals surface area contributed by atoms with E-state index in [4.69, 9.17) is 4.74 Å². The maximum atomic E-state index is 11.7. The van der Waals surface area contributed by atoms with E-state index in [1.54, 1.807) is 0 Å². The molecule has 1 saturated heterocycles. The first kappa shape index (κ1) is 15.4. The molecular weight excluding hydrogens is 288 g/mol. The maximum absolute atomic E-state index is 11.7. The van der Waals surface area contributed by atoms with Crippen LogP contribution >= 0.6 is 0 Å². The molecule has 0 atom stereocenters. The number of carbonyl (C=O) groups is 1. The topological polar surface area (TPSA) is 41.6 Å². The summed E-state index contributed by atoms with van der Waals surface area (Å²) in [5.74, 6) is 0. The number of benzene rings is 2. The van der Waals surface area contributed by atoms with E-state index in [-0.39, 0.29) is 0 Å². The van der Waals surface area contributed by atoms with Gasteiger partial charge < -0.3 is 15.0 Å². The molecule has 1 heterocycles. The third kappa shape index (κ3) is 4.49. The van der Waals surface area contributed by atoms with Gasteiger partial charge in [-0.2, -0.15) is 0 Å². The van der Waals surface area contributed by atoms with Crippen LogP contribution in [0.15, 0.2) is 54.6 Å². The SMILES string of the molecule is O=C(NCc1ccc(N2CCCC2)cc1)OCc1ccccc1. The van der Waals surface area contributed by atoms with Gasteiger partial charge in [0.2, 0.25) is 0 Å². The molecule has 1 aliphatic heterocycles. The average molecular weight is 310 g/mol. The number of rotatable bonds is 5. The minimum atomic E-state index is -0.391. The van der Waals surface area contributed by atoms with E-state index in [1.165, 1.54) is 18.5 Å². The fourth-order valence-electron chi connectivity index (χ4n) is 2.75. The molecule has 0 radical (unpaired) electrons. The third-order valence-corrected chi connectivity index (χ3v) is 4.06. The standard InChI is InChI=1S/C19H22N2O2/c22-19(23-15-17-6-2-1-3-7-17)20-14-16-8-10-18(11-9-16)21-12-4-5-13-21/h1-3,6-11H,4-5,12-15H2,(H,20,22). The number of hydrogen-bond acceptors (Lipinski definition) is 3. The highest BCUT2D eigenvalue weighted by Gasteiger charge is 2.11. The Balaban J connectivity index is 1.43. The van der Waals surface area contributed by atoms with Gasteiger partial charge in [0, 0.05) is 25.3 Å². The summed E-state index contributed by atoms with van der Waals surface area (Å²) in [6, 6.07) is 18.0. The van der Waals surface area contributed by atoms with Crippen molar-refractivity contribution >= 4 is 11.8 Å². The Hall–Kier alpha value is -2.49. The highest BCUT2D eigenvalue weighted by Crippen LogP contribution is 2.20. The van der Waals surface area contributed by atoms with Gasteiger partial charge in [-0.05, 0) is 36.1 Å². The number of nitrogens with zero attached hydrogens (tertiary/aromatic N) is 1. The van der Waals surface area contributed by atoms with E-state index >= 15 is 0 Å². The summed E-state index contributed by atoms with van der Waals surface area (Å²) >= 11 is 0. The first-order valence-corrected chi connectivity index (χ1v) is 8.10. The minimum Gasteiger partial charge on any atom is -0.445 e. The van der Waals surface area contributed by atoms with Crippen molar-refractivity contribution < 1.29 is 9.53 Å². The molecule has 2 aromatic rings. The molecule has 0 aromatic heterocycles. The van der Waals surface area contributed by atoms with Crippen LogP contribution in [-0.4, -0.2) is 19.2 Å². The van der Waals surface area contributed by atoms with E-state index in [9.17, 15) is 4.79 Å². The molecule has 120 valence electrons. The second-order valence-electron chi connectivity index (χ2n) is 5.78. The predicted octanol–water partition coefficient (Wildman–Crippen LogP) is 3.71. The molecular formula is C19H22N2O2. The highest BCUT2D eigenvalue weighted by molar-refractivity contribution is 5.67. The largest absolute Gasteiger partial charge is 0.445 e. The van der Waals surface area contributed by atoms with E-state index in [0.717, 1.165) is 24.2 Å². The summed E-state index contributed by atoms with van der Waals surface area (Å²) in [6.45, 7) is 3.06. The van der Waals surface area contributed by atoms with Crippen LogP contribution in [0.25, 0.3) is 0 Å². The zero-order valence-corrected chi connectivity index (χ0v) is 13.2. The van der Waals surface area contributed by atoms with E-state index in [0.29, 0.717) is 13.2 Å². The first-order chi connectivity index (χ1) is 11.3. The molecule has 1 aliphatic rings. The molecule has 0 aliphatic carbocycles. The van der Waals surface area contributed by atoms with Gasteiger partial charge in [-0.3, -0.25) is 0 Å². The smallest absolute Gasteiger partial charge is 0.407 e. The number of carbonyl (C=O) groups excluding carboxylic acids is 1. The van der Waals surface area contributed by atoms with Gasteiger partial charge in [-0.1, -0.05) is 42.5 Å². The Labute approximate surface area is 137 Å². The van der Waals surface area contributed by atoms with Crippen LogP contribution < -0.4 is 10.2 Å². The quantitative estimate of drug-likeness (QED) is 0.915. The van der Waals surface area contributed by atoms with E-state index in [1.807, 2.05) is 30.3 Å². The minimum absolute atomic E-state index is 0.292. The number of nitrogens with one attached hydrogen (secondary N) is 1. The van der Waals surface area contributed by atoms with Crippen molar-refractivity contribution in [2.45, 2.75) is 26.0 Å². The van der Waals surface area contributed by atoms with Crippen molar-refractivity contribution in [2.75, 3.05) is 18.0 Å². The Morgan fingerprint density at radius 3 is 2.35 bits per heavy atom. The monoisotopic (exact) mass is 310 g/mol. The van der Waals surface area contributed by atoms with Gasteiger partial charge in [-0.15, -0.1) is 0 Å². The van der Waals surface area contributed by atoms with E-state index in [2.05, 4.69) is 34.5 Å². The van der Waals surface area contributed by atoms with Gasteiger partial charge in [0.05, 0.1) is 0 Å². The molecule has 0 unspecified atom stereocenters. The summed E-state index contributed by atoms with van der Waals surface area (Å²) in [7, 11) is 0. The number of amides is 1. The molecule has 0 saturated carbocycles. The normalized spacial score (nSPS) is 13.8. The van der Waals surface area contributed by atoms with Crippen LogP contribution in [0.5, 0.6) is 0 Å². The molecule has 1 N–H and O–H groups in total. The fourth-order valence-corrected chi connectivity index (χ4v) is 2.75. The summed E-state index contributed by atoms with van der Waals surface area (Å²) in [5, 5.41) is 2.78. The second kappa shape index (κ2) is 7.68. The Kier molecular flexibility index (Phi) is 5.14. The van der Waals surface area contributed by atoms with Crippen LogP contribution in [0.2, 0.25) is 0 Å². The maximum Gasteiger partial charge on any atom is 0.407 e. The Morgan fingerprint density at radius 1 is 0.957 bits per heavy atom. The van der Waals surface area contributed by atoms with Crippen LogP contribution in [0.3, 0.4) is 0 Å². The van der Waals surface area contributed by atoms with Crippen molar-refractivity contribution in [3.63, 3.8) is 0 Å². The summed E-state index contributed by atoms with van der Waals surface area (Å²) in [6.07, 6.45) is 2.16. The van der Waals surface area contributed by atoms with Gasteiger partial charge in [0.15, 0.2) is 0 Å². The molecule has 4 nitrogen and oxygen atoms in total. The van der Waals surface area contributed by atoms with Crippen molar-refractivity contribution in [1.82, 2.24) is 5.32 Å². The molecule has 3 rings (SSSR count). The number of anilines is 1. The fraction of sp³-hybridized carbons (Fsp3) is 0.316. The van der Waals surface area contributed by atoms with Crippen LogP contribution in [0, 0.1) is 0 Å². The lowest BCUT2D eigenvalue weighted by molar-refractivity contribution is 0.139. The summed E-state index contributed by atoms with van der Waals surface area (Å²) < 4.78 is 5.20. The second-order valence-corrected chi connectivity index (χ2v) is 5.78. The lowest BCUT2D eigenvalue weighted by Crippen LogP contribution is -2.23. The molecule has 0 spiro atoms. The highest BCUT2D eigenvalue weighted by atomic mass is 16.5. The van der Waals surface area contributed by atoms with Gasteiger partial charge in [0.1, 0.15) is 6.61 Å². The zero-order chi connectivity index (χ0) is 15.9. The van der Waals surface area contributed by atoms with Crippen molar-refractivity contribution in [3.8, 4) is 0 Å². The van der Waals surface area contributed by atoms with Crippen LogP contribution in [-0.2, 0) is 17.9 Å². The lowest BCUT2D eigenvalue weighted by Gasteiger charge is -2.17. The lowest BCUT2D eigenvalue weighted by atomic mass is 10.2. The predicted molar refractivity (Wildman–Crippen MR) is 91.4 cm³/mol. The number of alkyl carbamates (subject to hydrolysis) is 1. The third-order valence-electron chi connectivity index (χ3n) is 4.06. The number of hydrogen-bond donors (Lipinski definition) is 1. The van der Waals surface area contributed by atoms with Crippen molar-refractivity contribution in [1.29, 1.82) is 0 Å². The van der Waals surface area contributed by atoms with Gasteiger partial charge >= 0.3 is 6.09 Å². The average Bonchev–Trinajstić information content (AvgIpc) is 3.14. The Morgan fingerprint density at radius 2 is 1.65 bits per heavy atom. The van der Waals surface area contributed by atoms with Gasteiger partial charge in [-0.25, -0.2) is 4.79 Å². The molecule has 1 amide bonds. The molecule has 0 bridgehead atoms. The summed E-state index contributed by atoms with van der Waals surface area (Å²) in [4.78, 5) is 14.1. The van der Waals surface area contributed by atoms with Gasteiger partial charge in [0.25, 0.3) is 0 Å². The number of ether oxygens (including phenoxy) is 1. The van der Waals surface area contributed by atoms with Crippen molar-refractivity contribution in [2.24, 2.45) is 0 Å². The van der Waals surface area contributed by atoms with Crippen molar-refractivity contribution in [3.05, 3.63) is 65.7 Å². The Bertz CT molecular complexity index is 620. The molecule has 2 aromatic carbocycles. The first-order valence-electron chi connectivity index (χ1n) is 8.10. The summed E-state index contributed by atoms with van der Waals surface area (Å²) in [5.41, 5.74) is 3.32. The van der Waals surface area contributed by atoms with Crippen LogP contribution in [0.4, 0.5) is 10.5 Å². The van der Waals surface area contributed by atoms with E-state index < -0.39 is 6.09 Å².